The molecule has 0 bridgehead atoms. The van der Waals surface area contributed by atoms with Crippen LogP contribution in [0.3, 0.4) is 0 Å². The summed E-state index contributed by atoms with van der Waals surface area (Å²) in [6, 6.07) is 30.8. The molecule has 0 aromatic heterocycles. The van der Waals surface area contributed by atoms with E-state index in [9.17, 15) is 5.11 Å². The molecule has 0 radical (unpaired) electrons. The highest BCUT2D eigenvalue weighted by Gasteiger charge is 2.18. The minimum atomic E-state index is -0.471. The first kappa shape index (κ1) is 20.9. The average molecular weight is 380 g/mol. The highest BCUT2D eigenvalue weighted by Crippen LogP contribution is 2.22. The van der Waals surface area contributed by atoms with Crippen molar-refractivity contribution in [3.63, 3.8) is 0 Å². The summed E-state index contributed by atoms with van der Waals surface area (Å²) in [6.45, 7) is 2.88. The summed E-state index contributed by atoms with van der Waals surface area (Å²) in [4.78, 5) is 0. The average Bonchev–Trinajstić information content (AvgIpc) is 2.72. The zero-order chi connectivity index (χ0) is 18.2. The van der Waals surface area contributed by atoms with Gasteiger partial charge < -0.3 is 22.8 Å². The molecule has 2 atom stereocenters. The Morgan fingerprint density at radius 1 is 0.815 bits per heavy atom. The van der Waals surface area contributed by atoms with Crippen LogP contribution in [0.25, 0.3) is 5.57 Å². The van der Waals surface area contributed by atoms with Gasteiger partial charge in [-0.3, -0.25) is 0 Å². The van der Waals surface area contributed by atoms with E-state index in [-0.39, 0.29) is 18.4 Å². The minimum Gasteiger partial charge on any atom is -1.00 e. The molecule has 3 N–H and O–H groups in total. The van der Waals surface area contributed by atoms with Crippen LogP contribution in [0, 0.1) is 0 Å². The fourth-order valence-corrected chi connectivity index (χ4v) is 3.12. The second-order valence-corrected chi connectivity index (χ2v) is 6.54. The zero-order valence-corrected chi connectivity index (χ0v) is 16.3. The van der Waals surface area contributed by atoms with Crippen LogP contribution in [-0.2, 0) is 0 Å². The normalized spacial score (nSPS) is 12.5. The lowest BCUT2D eigenvalue weighted by molar-refractivity contribution is -0.686. The lowest BCUT2D eigenvalue weighted by Crippen LogP contribution is -3.00. The number of aliphatic hydroxyl groups is 1. The molecule has 0 amide bonds. The van der Waals surface area contributed by atoms with Crippen LogP contribution in [0.5, 0.6) is 0 Å². The van der Waals surface area contributed by atoms with Crippen molar-refractivity contribution < 1.29 is 22.8 Å². The first-order chi connectivity index (χ1) is 12.8. The highest BCUT2D eigenvalue weighted by atomic mass is 35.5. The Morgan fingerprint density at radius 2 is 1.26 bits per heavy atom. The smallest absolute Gasteiger partial charge is 0.130 e. The number of rotatable bonds is 7. The summed E-state index contributed by atoms with van der Waals surface area (Å²) in [7, 11) is 0. The topological polar surface area (TPSA) is 36.8 Å². The van der Waals surface area contributed by atoms with Gasteiger partial charge in [-0.2, -0.15) is 0 Å². The lowest BCUT2D eigenvalue weighted by atomic mass is 9.97. The third-order valence-electron chi connectivity index (χ3n) is 4.64. The summed E-state index contributed by atoms with van der Waals surface area (Å²) in [6.07, 6.45) is 1.78. The van der Waals surface area contributed by atoms with Gasteiger partial charge in [0, 0.05) is 0 Å². The molecule has 2 unspecified atom stereocenters. The van der Waals surface area contributed by atoms with E-state index < -0.39 is 6.10 Å². The van der Waals surface area contributed by atoms with Crippen molar-refractivity contribution in [2.75, 3.05) is 6.54 Å². The Morgan fingerprint density at radius 3 is 1.74 bits per heavy atom. The fraction of sp³-hybridized carbons (Fsp3) is 0.167. The summed E-state index contributed by atoms with van der Waals surface area (Å²) < 4.78 is 0. The number of benzene rings is 3. The quantitative estimate of drug-likeness (QED) is 0.626. The van der Waals surface area contributed by atoms with E-state index in [1.165, 1.54) is 16.7 Å². The first-order valence-corrected chi connectivity index (χ1v) is 9.13. The Hall–Kier alpha value is -2.39. The number of nitrogens with two attached hydrogens (primary N) is 1. The van der Waals surface area contributed by atoms with E-state index in [1.807, 2.05) is 42.5 Å². The standard InChI is InChI=1S/C24H25NO.ClH/c1-19(24(26)22-15-9-4-10-16-22)25-18-17-23(20-11-5-2-6-12-20)21-13-7-3-8-14-21;/h2-17,19,24-26H,18H2,1H3;1H. The minimum absolute atomic E-state index is 0. The molecule has 3 heteroatoms. The zero-order valence-electron chi connectivity index (χ0n) is 15.5. The molecule has 3 aromatic rings. The van der Waals surface area contributed by atoms with Gasteiger partial charge in [0.2, 0.25) is 0 Å². The summed E-state index contributed by atoms with van der Waals surface area (Å²) >= 11 is 0. The van der Waals surface area contributed by atoms with Crippen molar-refractivity contribution in [1.82, 2.24) is 0 Å². The maximum Gasteiger partial charge on any atom is 0.130 e. The third kappa shape index (κ3) is 5.80. The van der Waals surface area contributed by atoms with Gasteiger partial charge in [-0.1, -0.05) is 91.0 Å². The van der Waals surface area contributed by atoms with E-state index in [0.717, 1.165) is 12.1 Å². The number of aliphatic hydroxyl groups excluding tert-OH is 1. The molecule has 0 saturated heterocycles. The molecule has 140 valence electrons. The van der Waals surface area contributed by atoms with Gasteiger partial charge in [-0.05, 0) is 35.3 Å². The number of halogens is 1. The molecule has 2 nitrogen and oxygen atoms in total. The van der Waals surface area contributed by atoms with Crippen LogP contribution < -0.4 is 17.7 Å². The van der Waals surface area contributed by atoms with Gasteiger partial charge >= 0.3 is 0 Å². The summed E-state index contributed by atoms with van der Waals surface area (Å²) in [5.74, 6) is 0. The monoisotopic (exact) mass is 379 g/mol. The Labute approximate surface area is 168 Å². The van der Waals surface area contributed by atoms with Crippen LogP contribution in [0.2, 0.25) is 0 Å². The molecule has 27 heavy (non-hydrogen) atoms. The molecule has 0 saturated carbocycles. The van der Waals surface area contributed by atoms with Gasteiger partial charge in [0.1, 0.15) is 12.1 Å². The maximum absolute atomic E-state index is 10.5. The Balaban J connectivity index is 0.00000261. The molecule has 0 fully saturated rings. The van der Waals surface area contributed by atoms with Crippen molar-refractivity contribution in [2.24, 2.45) is 0 Å². The fourth-order valence-electron chi connectivity index (χ4n) is 3.12. The highest BCUT2D eigenvalue weighted by molar-refractivity contribution is 5.79. The van der Waals surface area contributed by atoms with Crippen LogP contribution in [-0.4, -0.2) is 17.7 Å². The Bertz CT molecular complexity index is 777. The van der Waals surface area contributed by atoms with E-state index in [0.29, 0.717) is 0 Å². The third-order valence-corrected chi connectivity index (χ3v) is 4.64. The predicted octanol–water partition coefficient (Wildman–Crippen LogP) is 0.808. The molecule has 3 aromatic carbocycles. The second kappa shape index (κ2) is 10.7. The van der Waals surface area contributed by atoms with Crippen molar-refractivity contribution in [3.8, 4) is 0 Å². The lowest BCUT2D eigenvalue weighted by Gasteiger charge is -2.17. The van der Waals surface area contributed by atoms with Crippen LogP contribution in [0.1, 0.15) is 29.7 Å². The molecule has 0 aliphatic heterocycles. The van der Waals surface area contributed by atoms with Crippen LogP contribution >= 0.6 is 0 Å². The van der Waals surface area contributed by atoms with Crippen LogP contribution in [0.15, 0.2) is 97.1 Å². The number of hydrogen-bond donors (Lipinski definition) is 2. The second-order valence-electron chi connectivity index (χ2n) is 6.54. The van der Waals surface area contributed by atoms with E-state index >= 15 is 0 Å². The molecule has 0 heterocycles. The van der Waals surface area contributed by atoms with Gasteiger partial charge in [0.05, 0.1) is 6.54 Å². The van der Waals surface area contributed by atoms with Gasteiger partial charge in [0.25, 0.3) is 0 Å². The van der Waals surface area contributed by atoms with E-state index in [4.69, 9.17) is 0 Å². The molecule has 0 aliphatic carbocycles. The van der Waals surface area contributed by atoms with Crippen molar-refractivity contribution in [3.05, 3.63) is 114 Å². The molecular formula is C24H26ClNO. The SMILES string of the molecule is CC([NH2+]CC=C(c1ccccc1)c1ccccc1)C(O)c1ccccc1.[Cl-]. The Kier molecular flexibility index (Phi) is 8.28. The molecular weight excluding hydrogens is 354 g/mol. The predicted molar refractivity (Wildman–Crippen MR) is 108 cm³/mol. The maximum atomic E-state index is 10.5. The van der Waals surface area contributed by atoms with Crippen molar-refractivity contribution in [1.29, 1.82) is 0 Å². The first-order valence-electron chi connectivity index (χ1n) is 9.13. The number of hydrogen-bond acceptors (Lipinski definition) is 1. The van der Waals surface area contributed by atoms with Crippen molar-refractivity contribution in [2.45, 2.75) is 19.1 Å². The van der Waals surface area contributed by atoms with Gasteiger partial charge in [0.15, 0.2) is 0 Å². The summed E-state index contributed by atoms with van der Waals surface area (Å²) in [5.41, 5.74) is 4.61. The van der Waals surface area contributed by atoms with E-state index in [1.54, 1.807) is 0 Å². The van der Waals surface area contributed by atoms with Gasteiger partial charge in [-0.15, -0.1) is 0 Å². The van der Waals surface area contributed by atoms with E-state index in [2.05, 4.69) is 66.8 Å². The largest absolute Gasteiger partial charge is 1.00 e. The van der Waals surface area contributed by atoms with Crippen LogP contribution in [0.4, 0.5) is 0 Å². The van der Waals surface area contributed by atoms with Gasteiger partial charge in [-0.25, -0.2) is 0 Å². The number of quaternary nitrogens is 1. The molecule has 0 aliphatic rings. The van der Waals surface area contributed by atoms with Crippen molar-refractivity contribution >= 4 is 5.57 Å². The molecule has 0 spiro atoms. The summed E-state index contributed by atoms with van der Waals surface area (Å²) in [5, 5.41) is 12.7. The molecule has 3 rings (SSSR count).